The van der Waals surface area contributed by atoms with Crippen LogP contribution in [0.1, 0.15) is 33.3 Å². The van der Waals surface area contributed by atoms with Gasteiger partial charge in [0.15, 0.2) is 0 Å². The summed E-state index contributed by atoms with van der Waals surface area (Å²) in [5.41, 5.74) is 6.06. The summed E-state index contributed by atoms with van der Waals surface area (Å²) in [6, 6.07) is 10.0. The minimum atomic E-state index is -0.543. The zero-order valence-electron chi connectivity index (χ0n) is 14.1. The highest BCUT2D eigenvalue weighted by Crippen LogP contribution is 2.23. The van der Waals surface area contributed by atoms with E-state index in [1.807, 2.05) is 58.0 Å². The molecule has 1 aromatic carbocycles. The Kier molecular flexibility index (Phi) is 6.18. The molecule has 1 aromatic rings. The quantitative estimate of drug-likeness (QED) is 0.820. The van der Waals surface area contributed by atoms with Crippen molar-refractivity contribution in [3.63, 3.8) is 0 Å². The lowest BCUT2D eigenvalue weighted by molar-refractivity contribution is 0.00495. The predicted octanol–water partition coefficient (Wildman–Crippen LogP) is 3.37. The molecule has 2 N–H and O–H groups in total. The van der Waals surface area contributed by atoms with Gasteiger partial charge in [-0.15, -0.1) is 6.58 Å². The highest BCUT2D eigenvalue weighted by molar-refractivity contribution is 5.69. The van der Waals surface area contributed by atoms with E-state index in [-0.39, 0.29) is 6.09 Å². The molecule has 0 aliphatic rings. The van der Waals surface area contributed by atoms with Crippen LogP contribution in [0.15, 0.2) is 43.0 Å². The average Bonchev–Trinajstić information content (AvgIpc) is 2.43. The maximum absolute atomic E-state index is 12.5. The molecule has 0 radical (unpaired) electrons. The van der Waals surface area contributed by atoms with Crippen molar-refractivity contribution in [3.05, 3.63) is 48.6 Å². The number of nitrogens with zero attached hydrogens (tertiary/aromatic N) is 1. The summed E-state index contributed by atoms with van der Waals surface area (Å²) in [5.74, 6) is 0. The van der Waals surface area contributed by atoms with Crippen molar-refractivity contribution in [3.8, 4) is 0 Å². The summed E-state index contributed by atoms with van der Waals surface area (Å²) >= 11 is 0. The van der Waals surface area contributed by atoms with Gasteiger partial charge in [0.2, 0.25) is 0 Å². The first-order valence-electron chi connectivity index (χ1n) is 7.57. The summed E-state index contributed by atoms with van der Waals surface area (Å²) < 4.78 is 5.52. The van der Waals surface area contributed by atoms with Crippen LogP contribution in [-0.4, -0.2) is 35.2 Å². The topological polar surface area (TPSA) is 55.6 Å². The van der Waals surface area contributed by atoms with Gasteiger partial charge in [0.05, 0.1) is 5.54 Å². The van der Waals surface area contributed by atoms with Gasteiger partial charge in [0, 0.05) is 13.1 Å². The Balaban J connectivity index is 3.02. The van der Waals surface area contributed by atoms with Gasteiger partial charge in [0.1, 0.15) is 5.60 Å². The molecule has 0 aliphatic carbocycles. The van der Waals surface area contributed by atoms with Crippen molar-refractivity contribution in [2.24, 2.45) is 5.73 Å². The third-order valence-corrected chi connectivity index (χ3v) is 3.44. The third kappa shape index (κ3) is 5.19. The van der Waals surface area contributed by atoms with E-state index in [9.17, 15) is 4.79 Å². The zero-order valence-corrected chi connectivity index (χ0v) is 14.1. The number of benzene rings is 1. The molecule has 1 atom stereocenters. The van der Waals surface area contributed by atoms with Crippen LogP contribution >= 0.6 is 0 Å². The first kappa shape index (κ1) is 18.2. The second-order valence-corrected chi connectivity index (χ2v) is 6.74. The number of amides is 1. The zero-order chi connectivity index (χ0) is 16.8. The molecule has 0 saturated carbocycles. The Morgan fingerprint density at radius 3 is 2.32 bits per heavy atom. The molecule has 0 aromatic heterocycles. The SMILES string of the molecule is C=CCN(C(=O)OC(C)(C)C)[C@](C)(CN)Cc1ccccc1. The normalized spacial score (nSPS) is 14.0. The van der Waals surface area contributed by atoms with Crippen molar-refractivity contribution in [2.45, 2.75) is 45.3 Å². The minimum Gasteiger partial charge on any atom is -0.444 e. The van der Waals surface area contributed by atoms with Crippen LogP contribution in [-0.2, 0) is 11.2 Å². The van der Waals surface area contributed by atoms with Crippen LogP contribution in [0.5, 0.6) is 0 Å². The molecule has 0 bridgehead atoms. The fourth-order valence-corrected chi connectivity index (χ4v) is 2.27. The molecule has 0 fully saturated rings. The van der Waals surface area contributed by atoms with E-state index in [2.05, 4.69) is 6.58 Å². The highest BCUT2D eigenvalue weighted by Gasteiger charge is 2.36. The standard InChI is InChI=1S/C18H28N2O2/c1-6-12-20(16(21)22-17(2,3)4)18(5,14-19)13-15-10-8-7-9-11-15/h6-11H,1,12-14,19H2,2-5H3/t18-/m0/s1. The summed E-state index contributed by atoms with van der Waals surface area (Å²) in [4.78, 5) is 14.2. The van der Waals surface area contributed by atoms with E-state index >= 15 is 0 Å². The predicted molar refractivity (Wildman–Crippen MR) is 90.7 cm³/mol. The number of carbonyl (C=O) groups is 1. The smallest absolute Gasteiger partial charge is 0.411 e. The monoisotopic (exact) mass is 304 g/mol. The molecule has 4 heteroatoms. The van der Waals surface area contributed by atoms with Crippen LogP contribution in [0.25, 0.3) is 0 Å². The van der Waals surface area contributed by atoms with E-state index in [4.69, 9.17) is 10.5 Å². The molecule has 4 nitrogen and oxygen atoms in total. The van der Waals surface area contributed by atoms with Crippen molar-refractivity contribution >= 4 is 6.09 Å². The Hall–Kier alpha value is -1.81. The van der Waals surface area contributed by atoms with Crippen molar-refractivity contribution in [1.82, 2.24) is 4.90 Å². The Morgan fingerprint density at radius 1 is 1.27 bits per heavy atom. The van der Waals surface area contributed by atoms with Crippen molar-refractivity contribution in [1.29, 1.82) is 0 Å². The molecule has 1 rings (SSSR count). The lowest BCUT2D eigenvalue weighted by atomic mass is 9.91. The third-order valence-electron chi connectivity index (χ3n) is 3.44. The van der Waals surface area contributed by atoms with E-state index in [0.717, 1.165) is 5.56 Å². The molecular weight excluding hydrogens is 276 g/mol. The van der Waals surface area contributed by atoms with Crippen molar-refractivity contribution in [2.75, 3.05) is 13.1 Å². The van der Waals surface area contributed by atoms with E-state index in [1.54, 1.807) is 11.0 Å². The number of nitrogens with two attached hydrogens (primary N) is 1. The Bertz CT molecular complexity index is 494. The molecule has 0 aliphatic heterocycles. The fraction of sp³-hybridized carbons (Fsp3) is 0.500. The molecule has 0 unspecified atom stereocenters. The van der Waals surface area contributed by atoms with Gasteiger partial charge in [-0.05, 0) is 39.7 Å². The molecule has 22 heavy (non-hydrogen) atoms. The maximum Gasteiger partial charge on any atom is 0.411 e. The lowest BCUT2D eigenvalue weighted by Gasteiger charge is -2.40. The van der Waals surface area contributed by atoms with Gasteiger partial charge in [-0.25, -0.2) is 4.79 Å². The second kappa shape index (κ2) is 7.45. The number of hydrogen-bond donors (Lipinski definition) is 1. The van der Waals surface area contributed by atoms with E-state index in [1.165, 1.54) is 0 Å². The molecule has 0 saturated heterocycles. The Labute approximate surface area is 133 Å². The van der Waals surface area contributed by atoms with Crippen LogP contribution in [0.3, 0.4) is 0 Å². The van der Waals surface area contributed by atoms with E-state index < -0.39 is 11.1 Å². The number of ether oxygens (including phenoxy) is 1. The van der Waals surface area contributed by atoms with Crippen LogP contribution in [0.4, 0.5) is 4.79 Å². The average molecular weight is 304 g/mol. The molecule has 1 amide bonds. The summed E-state index contributed by atoms with van der Waals surface area (Å²) in [6.07, 6.45) is 2.00. The lowest BCUT2D eigenvalue weighted by Crippen LogP contribution is -2.56. The first-order chi connectivity index (χ1) is 10.2. The van der Waals surface area contributed by atoms with Gasteiger partial charge in [-0.1, -0.05) is 36.4 Å². The van der Waals surface area contributed by atoms with Gasteiger partial charge in [-0.2, -0.15) is 0 Å². The van der Waals surface area contributed by atoms with Crippen LogP contribution in [0.2, 0.25) is 0 Å². The van der Waals surface area contributed by atoms with Crippen LogP contribution in [0, 0.1) is 0 Å². The number of rotatable bonds is 6. The Morgan fingerprint density at radius 2 is 1.86 bits per heavy atom. The summed E-state index contributed by atoms with van der Waals surface area (Å²) in [6.45, 7) is 12.0. The largest absolute Gasteiger partial charge is 0.444 e. The maximum atomic E-state index is 12.5. The van der Waals surface area contributed by atoms with Gasteiger partial charge in [-0.3, -0.25) is 4.90 Å². The molecule has 0 spiro atoms. The van der Waals surface area contributed by atoms with Crippen LogP contribution < -0.4 is 5.73 Å². The van der Waals surface area contributed by atoms with Gasteiger partial charge >= 0.3 is 6.09 Å². The van der Waals surface area contributed by atoms with E-state index in [0.29, 0.717) is 19.5 Å². The molecular formula is C18H28N2O2. The minimum absolute atomic E-state index is 0.342. The summed E-state index contributed by atoms with van der Waals surface area (Å²) in [5, 5.41) is 0. The number of hydrogen-bond acceptors (Lipinski definition) is 3. The van der Waals surface area contributed by atoms with Gasteiger partial charge < -0.3 is 10.5 Å². The second-order valence-electron chi connectivity index (χ2n) is 6.74. The fourth-order valence-electron chi connectivity index (χ4n) is 2.27. The molecule has 0 heterocycles. The van der Waals surface area contributed by atoms with Crippen molar-refractivity contribution < 1.29 is 9.53 Å². The first-order valence-corrected chi connectivity index (χ1v) is 7.57. The molecule has 122 valence electrons. The number of carbonyl (C=O) groups excluding carboxylic acids is 1. The highest BCUT2D eigenvalue weighted by atomic mass is 16.6. The summed E-state index contributed by atoms with van der Waals surface area (Å²) in [7, 11) is 0. The van der Waals surface area contributed by atoms with Gasteiger partial charge in [0.25, 0.3) is 0 Å².